The zero-order chi connectivity index (χ0) is 25.4. The Labute approximate surface area is 208 Å². The van der Waals surface area contributed by atoms with Gasteiger partial charge in [-0.25, -0.2) is 4.79 Å². The van der Waals surface area contributed by atoms with Gasteiger partial charge in [0.1, 0.15) is 0 Å². The van der Waals surface area contributed by atoms with Gasteiger partial charge >= 0.3 is 5.97 Å². The number of amides is 3. The lowest BCUT2D eigenvalue weighted by atomic mass is 9.84. The zero-order valence-corrected chi connectivity index (χ0v) is 21.3. The van der Waals surface area contributed by atoms with Crippen molar-refractivity contribution in [3.8, 4) is 0 Å². The number of anilines is 1. The van der Waals surface area contributed by atoms with Crippen molar-refractivity contribution in [1.82, 2.24) is 9.96 Å². The lowest BCUT2D eigenvalue weighted by molar-refractivity contribution is -0.197. The van der Waals surface area contributed by atoms with Gasteiger partial charge < -0.3 is 15.1 Å². The van der Waals surface area contributed by atoms with Crippen LogP contribution >= 0.6 is 0 Å². The molecule has 3 rings (SSSR count). The van der Waals surface area contributed by atoms with Crippen molar-refractivity contribution in [3.63, 3.8) is 0 Å². The second-order valence-corrected chi connectivity index (χ2v) is 10.2. The van der Waals surface area contributed by atoms with E-state index < -0.39 is 17.8 Å². The molecule has 0 bridgehead atoms. The third-order valence-electron chi connectivity index (χ3n) is 7.04. The van der Waals surface area contributed by atoms with Gasteiger partial charge in [0.05, 0.1) is 0 Å². The highest BCUT2D eigenvalue weighted by molar-refractivity contribution is 6.01. The van der Waals surface area contributed by atoms with Gasteiger partial charge in [0.25, 0.3) is 11.8 Å². The predicted molar refractivity (Wildman–Crippen MR) is 133 cm³/mol. The Bertz CT molecular complexity index is 885. The van der Waals surface area contributed by atoms with Gasteiger partial charge in [0.15, 0.2) is 0 Å². The maximum atomic E-state index is 12.2. The number of carbonyl (C=O) groups is 4. The molecule has 1 aliphatic carbocycles. The summed E-state index contributed by atoms with van der Waals surface area (Å²) in [7, 11) is 2.26. The number of hydrogen-bond donors (Lipinski definition) is 1. The second-order valence-electron chi connectivity index (χ2n) is 10.2. The molecule has 1 N–H and O–H groups in total. The molecule has 1 aromatic rings. The van der Waals surface area contributed by atoms with Crippen molar-refractivity contribution in [2.75, 3.05) is 18.9 Å². The number of nitrogens with one attached hydrogen (secondary N) is 1. The Morgan fingerprint density at radius 2 is 1.74 bits per heavy atom. The van der Waals surface area contributed by atoms with Gasteiger partial charge in [-0.2, -0.15) is 0 Å². The maximum Gasteiger partial charge on any atom is 0.333 e. The van der Waals surface area contributed by atoms with E-state index in [9.17, 15) is 19.2 Å². The molecule has 1 aliphatic heterocycles. The van der Waals surface area contributed by atoms with Crippen LogP contribution in [0.25, 0.3) is 0 Å². The third-order valence-corrected chi connectivity index (χ3v) is 7.04. The molecule has 8 nitrogen and oxygen atoms in total. The van der Waals surface area contributed by atoms with Crippen molar-refractivity contribution >= 4 is 29.4 Å². The van der Waals surface area contributed by atoms with Crippen LogP contribution in [0.4, 0.5) is 5.69 Å². The average molecular weight is 486 g/mol. The highest BCUT2D eigenvalue weighted by Gasteiger charge is 2.32. The first-order chi connectivity index (χ1) is 16.7. The lowest BCUT2D eigenvalue weighted by Crippen LogP contribution is -2.41. The summed E-state index contributed by atoms with van der Waals surface area (Å²) in [4.78, 5) is 54.3. The van der Waals surface area contributed by atoms with Crippen LogP contribution in [0.5, 0.6) is 0 Å². The molecule has 2 aliphatic rings. The van der Waals surface area contributed by atoms with E-state index in [-0.39, 0.29) is 38.0 Å². The lowest BCUT2D eigenvalue weighted by Gasteiger charge is -2.37. The quantitative estimate of drug-likeness (QED) is 0.474. The van der Waals surface area contributed by atoms with Crippen molar-refractivity contribution in [3.05, 3.63) is 29.8 Å². The van der Waals surface area contributed by atoms with E-state index >= 15 is 0 Å². The Hall–Kier alpha value is -2.74. The Balaban J connectivity index is 1.35. The van der Waals surface area contributed by atoms with Crippen molar-refractivity contribution < 1.29 is 24.0 Å². The van der Waals surface area contributed by atoms with Gasteiger partial charge in [-0.1, -0.05) is 38.8 Å². The maximum absolute atomic E-state index is 12.2. The number of hydrogen-bond acceptors (Lipinski definition) is 6. The molecule has 1 aromatic carbocycles. The number of hydroxylamine groups is 2. The van der Waals surface area contributed by atoms with Crippen LogP contribution in [-0.4, -0.2) is 53.3 Å². The monoisotopic (exact) mass is 485 g/mol. The van der Waals surface area contributed by atoms with Gasteiger partial charge in [-0.3, -0.25) is 14.4 Å². The van der Waals surface area contributed by atoms with Crippen LogP contribution in [0.1, 0.15) is 77.2 Å². The molecule has 3 amide bonds. The number of nitrogens with zero attached hydrogens (tertiary/aromatic N) is 2. The van der Waals surface area contributed by atoms with Crippen molar-refractivity contribution in [2.45, 2.75) is 84.1 Å². The molecular weight excluding hydrogens is 446 g/mol. The fraction of sp³-hybridized carbons (Fsp3) is 0.630. The van der Waals surface area contributed by atoms with E-state index in [0.29, 0.717) is 17.0 Å². The van der Waals surface area contributed by atoms with Crippen LogP contribution in [0.15, 0.2) is 24.3 Å². The molecule has 3 atom stereocenters. The minimum Gasteiger partial charge on any atom is -0.330 e. The topological polar surface area (TPSA) is 96.0 Å². The molecule has 35 heavy (non-hydrogen) atoms. The Morgan fingerprint density at radius 1 is 1.09 bits per heavy atom. The third kappa shape index (κ3) is 8.16. The first-order valence-corrected chi connectivity index (χ1v) is 12.9. The normalized spacial score (nSPS) is 21.3. The molecule has 0 aromatic heterocycles. The zero-order valence-electron chi connectivity index (χ0n) is 21.3. The molecule has 1 saturated carbocycles. The summed E-state index contributed by atoms with van der Waals surface area (Å²) in [6.07, 6.45) is 6.81. The molecule has 0 radical (unpaired) electrons. The number of imide groups is 1. The molecule has 1 saturated heterocycles. The summed E-state index contributed by atoms with van der Waals surface area (Å²) in [5.74, 6) is -0.595. The fourth-order valence-electron chi connectivity index (χ4n) is 5.19. The van der Waals surface area contributed by atoms with E-state index in [0.717, 1.165) is 24.6 Å². The van der Waals surface area contributed by atoms with Crippen LogP contribution in [-0.2, 0) is 30.4 Å². The highest BCUT2D eigenvalue weighted by Crippen LogP contribution is 2.28. The smallest absolute Gasteiger partial charge is 0.330 e. The summed E-state index contributed by atoms with van der Waals surface area (Å²) >= 11 is 0. The largest absolute Gasteiger partial charge is 0.333 e. The Kier molecular flexibility index (Phi) is 9.83. The van der Waals surface area contributed by atoms with E-state index in [4.69, 9.17) is 4.84 Å². The fourth-order valence-corrected chi connectivity index (χ4v) is 5.19. The molecule has 1 heterocycles. The minimum atomic E-state index is -0.691. The van der Waals surface area contributed by atoms with Gasteiger partial charge in [-0.05, 0) is 62.3 Å². The molecular formula is C27H39N3O5. The summed E-state index contributed by atoms with van der Waals surface area (Å²) in [6.45, 7) is 5.75. The SMILES string of the molecule is CC(Cc1ccc(NC(=O)CCCC(=O)ON2C(=O)CCC2=O)cc1)CN(C)C1CCCCC1C. The first kappa shape index (κ1) is 26.9. The molecule has 0 spiro atoms. The van der Waals surface area contributed by atoms with Crippen LogP contribution in [0, 0.1) is 11.8 Å². The van der Waals surface area contributed by atoms with E-state index in [1.54, 1.807) is 0 Å². The molecule has 3 unspecified atom stereocenters. The summed E-state index contributed by atoms with van der Waals surface area (Å²) < 4.78 is 0. The number of rotatable bonds is 11. The van der Waals surface area contributed by atoms with E-state index in [2.05, 4.69) is 43.2 Å². The van der Waals surface area contributed by atoms with Crippen molar-refractivity contribution in [2.24, 2.45) is 11.8 Å². The second kappa shape index (κ2) is 12.8. The van der Waals surface area contributed by atoms with Gasteiger partial charge in [-0.15, -0.1) is 5.06 Å². The van der Waals surface area contributed by atoms with E-state index in [1.165, 1.54) is 31.2 Å². The summed E-state index contributed by atoms with van der Waals surface area (Å²) in [5, 5.41) is 3.37. The van der Waals surface area contributed by atoms with Crippen LogP contribution in [0.2, 0.25) is 0 Å². The average Bonchev–Trinajstić information content (AvgIpc) is 3.12. The summed E-state index contributed by atoms with van der Waals surface area (Å²) in [5.41, 5.74) is 1.96. The van der Waals surface area contributed by atoms with Crippen molar-refractivity contribution in [1.29, 1.82) is 0 Å². The van der Waals surface area contributed by atoms with E-state index in [1.807, 2.05) is 12.1 Å². The Morgan fingerprint density at radius 3 is 2.40 bits per heavy atom. The van der Waals surface area contributed by atoms with Crippen LogP contribution in [0.3, 0.4) is 0 Å². The van der Waals surface area contributed by atoms with Gasteiger partial charge in [0, 0.05) is 44.0 Å². The molecule has 2 fully saturated rings. The molecule has 8 heteroatoms. The molecule has 192 valence electrons. The van der Waals surface area contributed by atoms with Gasteiger partial charge in [0.2, 0.25) is 5.91 Å². The standard InChI is InChI=1S/C27H39N3O5/c1-19(18-29(3)23-8-5-4-7-20(23)2)17-21-11-13-22(14-12-21)28-24(31)9-6-10-27(34)35-30-25(32)15-16-26(30)33/h11-14,19-20,23H,4-10,15-18H2,1-3H3,(H,28,31). The highest BCUT2D eigenvalue weighted by atomic mass is 16.7. The first-order valence-electron chi connectivity index (χ1n) is 12.9. The summed E-state index contributed by atoms with van der Waals surface area (Å²) in [6, 6.07) is 8.61. The van der Waals surface area contributed by atoms with Crippen LogP contribution < -0.4 is 5.32 Å². The number of benzene rings is 1. The number of carbonyl (C=O) groups excluding carboxylic acids is 4. The minimum absolute atomic E-state index is 0.0462. The predicted octanol–water partition coefficient (Wildman–Crippen LogP) is 4.09.